The van der Waals surface area contributed by atoms with E-state index in [4.69, 9.17) is 5.73 Å². The zero-order valence-electron chi connectivity index (χ0n) is 13.8. The SMILES string of the molecule is CN(c1ccccc1)c1ncnc(Nc2ccc(C(F)(F)F)cc2)c1N. The maximum atomic E-state index is 12.6. The molecule has 0 saturated heterocycles. The van der Waals surface area contributed by atoms with Crippen molar-refractivity contribution in [2.75, 3.05) is 23.0 Å². The van der Waals surface area contributed by atoms with E-state index < -0.39 is 11.7 Å². The minimum Gasteiger partial charge on any atom is -0.393 e. The van der Waals surface area contributed by atoms with Crippen LogP contribution < -0.4 is 16.0 Å². The van der Waals surface area contributed by atoms with Gasteiger partial charge in [-0.25, -0.2) is 9.97 Å². The highest BCUT2D eigenvalue weighted by Gasteiger charge is 2.30. The first kappa shape index (κ1) is 17.5. The number of rotatable bonds is 4. The number of hydrogen-bond acceptors (Lipinski definition) is 5. The first-order valence-electron chi connectivity index (χ1n) is 7.70. The summed E-state index contributed by atoms with van der Waals surface area (Å²) in [6.07, 6.45) is -3.03. The summed E-state index contributed by atoms with van der Waals surface area (Å²) in [5.41, 5.74) is 7.06. The second kappa shape index (κ2) is 6.91. The maximum Gasteiger partial charge on any atom is 0.416 e. The molecule has 1 heterocycles. The zero-order chi connectivity index (χ0) is 18.7. The molecule has 26 heavy (non-hydrogen) atoms. The van der Waals surface area contributed by atoms with Gasteiger partial charge in [0.1, 0.15) is 12.0 Å². The van der Waals surface area contributed by atoms with Crippen molar-refractivity contribution in [2.24, 2.45) is 0 Å². The van der Waals surface area contributed by atoms with Crippen LogP contribution in [0.3, 0.4) is 0 Å². The number of alkyl halides is 3. The second-order valence-electron chi connectivity index (χ2n) is 5.55. The van der Waals surface area contributed by atoms with Crippen molar-refractivity contribution in [3.63, 3.8) is 0 Å². The van der Waals surface area contributed by atoms with Crippen LogP contribution in [0, 0.1) is 0 Å². The molecule has 3 rings (SSSR count). The summed E-state index contributed by atoms with van der Waals surface area (Å²) >= 11 is 0. The molecule has 0 aliphatic carbocycles. The smallest absolute Gasteiger partial charge is 0.393 e. The van der Waals surface area contributed by atoms with Crippen LogP contribution in [-0.4, -0.2) is 17.0 Å². The van der Waals surface area contributed by atoms with Gasteiger partial charge in [-0.05, 0) is 36.4 Å². The summed E-state index contributed by atoms with van der Waals surface area (Å²) in [5.74, 6) is 0.804. The Morgan fingerprint density at radius 2 is 1.62 bits per heavy atom. The summed E-state index contributed by atoms with van der Waals surface area (Å²) in [7, 11) is 1.82. The van der Waals surface area contributed by atoms with Gasteiger partial charge in [-0.1, -0.05) is 18.2 Å². The van der Waals surface area contributed by atoms with Gasteiger partial charge in [0.05, 0.1) is 5.56 Å². The predicted molar refractivity (Wildman–Crippen MR) is 95.7 cm³/mol. The number of nitrogens with two attached hydrogens (primary N) is 1. The van der Waals surface area contributed by atoms with Crippen LogP contribution in [0.5, 0.6) is 0 Å². The molecule has 0 fully saturated rings. The Labute approximate surface area is 148 Å². The van der Waals surface area contributed by atoms with Crippen LogP contribution in [0.25, 0.3) is 0 Å². The van der Waals surface area contributed by atoms with Crippen molar-refractivity contribution in [3.8, 4) is 0 Å². The Morgan fingerprint density at radius 3 is 2.23 bits per heavy atom. The molecule has 0 radical (unpaired) electrons. The molecule has 3 N–H and O–H groups in total. The summed E-state index contributed by atoms with van der Waals surface area (Å²) in [5, 5.41) is 2.93. The van der Waals surface area contributed by atoms with E-state index in [1.807, 2.05) is 37.4 Å². The molecular weight excluding hydrogens is 343 g/mol. The number of para-hydroxylation sites is 1. The van der Waals surface area contributed by atoms with E-state index in [1.165, 1.54) is 18.5 Å². The van der Waals surface area contributed by atoms with Gasteiger partial charge in [-0.2, -0.15) is 13.2 Å². The minimum atomic E-state index is -4.38. The Bertz CT molecular complexity index is 880. The fourth-order valence-corrected chi connectivity index (χ4v) is 2.41. The predicted octanol–water partition coefficient (Wildman–Crippen LogP) is 4.59. The Hall–Kier alpha value is -3.29. The first-order valence-corrected chi connectivity index (χ1v) is 7.70. The van der Waals surface area contributed by atoms with Crippen LogP contribution in [0.4, 0.5) is 41.9 Å². The van der Waals surface area contributed by atoms with Gasteiger partial charge in [-0.3, -0.25) is 0 Å². The average Bonchev–Trinajstić information content (AvgIpc) is 2.63. The van der Waals surface area contributed by atoms with Crippen molar-refractivity contribution in [1.29, 1.82) is 0 Å². The molecule has 0 atom stereocenters. The van der Waals surface area contributed by atoms with Gasteiger partial charge >= 0.3 is 6.18 Å². The number of benzene rings is 2. The molecule has 1 aromatic heterocycles. The molecule has 0 unspecified atom stereocenters. The lowest BCUT2D eigenvalue weighted by Crippen LogP contribution is -2.15. The normalized spacial score (nSPS) is 11.2. The number of hydrogen-bond donors (Lipinski definition) is 2. The van der Waals surface area contributed by atoms with Gasteiger partial charge in [0, 0.05) is 18.4 Å². The lowest BCUT2D eigenvalue weighted by Gasteiger charge is -2.21. The number of nitrogen functional groups attached to an aromatic ring is 1. The molecule has 0 aliphatic heterocycles. The third-order valence-corrected chi connectivity index (χ3v) is 3.80. The number of nitrogens with zero attached hydrogens (tertiary/aromatic N) is 3. The fourth-order valence-electron chi connectivity index (χ4n) is 2.41. The van der Waals surface area contributed by atoms with Crippen molar-refractivity contribution in [3.05, 3.63) is 66.5 Å². The Morgan fingerprint density at radius 1 is 0.962 bits per heavy atom. The van der Waals surface area contributed by atoms with E-state index in [9.17, 15) is 13.2 Å². The molecule has 2 aromatic carbocycles. The van der Waals surface area contributed by atoms with E-state index in [0.717, 1.165) is 17.8 Å². The largest absolute Gasteiger partial charge is 0.416 e. The van der Waals surface area contributed by atoms with Crippen LogP contribution in [0.1, 0.15) is 5.56 Å². The molecule has 134 valence electrons. The monoisotopic (exact) mass is 359 g/mol. The van der Waals surface area contributed by atoms with Crippen LogP contribution in [0.15, 0.2) is 60.9 Å². The van der Waals surface area contributed by atoms with Gasteiger partial charge in [-0.15, -0.1) is 0 Å². The summed E-state index contributed by atoms with van der Waals surface area (Å²) in [6.45, 7) is 0. The lowest BCUT2D eigenvalue weighted by molar-refractivity contribution is -0.137. The van der Waals surface area contributed by atoms with Crippen molar-refractivity contribution in [2.45, 2.75) is 6.18 Å². The molecule has 5 nitrogen and oxygen atoms in total. The van der Waals surface area contributed by atoms with Crippen molar-refractivity contribution >= 4 is 28.7 Å². The first-order chi connectivity index (χ1) is 12.4. The maximum absolute atomic E-state index is 12.6. The second-order valence-corrected chi connectivity index (χ2v) is 5.55. The highest BCUT2D eigenvalue weighted by Crippen LogP contribution is 2.33. The van der Waals surface area contributed by atoms with Crippen molar-refractivity contribution < 1.29 is 13.2 Å². The summed E-state index contributed by atoms with van der Waals surface area (Å²) < 4.78 is 37.9. The molecule has 0 amide bonds. The Kier molecular flexibility index (Phi) is 4.66. The molecule has 3 aromatic rings. The highest BCUT2D eigenvalue weighted by atomic mass is 19.4. The zero-order valence-corrected chi connectivity index (χ0v) is 13.8. The number of nitrogens with one attached hydrogen (secondary N) is 1. The number of aromatic nitrogens is 2. The van der Waals surface area contributed by atoms with Gasteiger partial charge in [0.15, 0.2) is 11.6 Å². The topological polar surface area (TPSA) is 67.1 Å². The van der Waals surface area contributed by atoms with Crippen LogP contribution in [0.2, 0.25) is 0 Å². The molecule has 8 heteroatoms. The van der Waals surface area contributed by atoms with Gasteiger partial charge in [0.25, 0.3) is 0 Å². The third kappa shape index (κ3) is 3.69. The Balaban J connectivity index is 1.86. The minimum absolute atomic E-state index is 0.291. The molecular formula is C18H16F3N5. The van der Waals surface area contributed by atoms with E-state index in [0.29, 0.717) is 23.0 Å². The molecule has 0 aliphatic rings. The molecule has 0 spiro atoms. The van der Waals surface area contributed by atoms with E-state index in [1.54, 1.807) is 4.90 Å². The lowest BCUT2D eigenvalue weighted by atomic mass is 10.2. The molecule has 0 saturated carbocycles. The summed E-state index contributed by atoms with van der Waals surface area (Å²) in [4.78, 5) is 10.1. The number of halogens is 3. The van der Waals surface area contributed by atoms with Crippen LogP contribution in [-0.2, 0) is 6.18 Å². The standard InChI is InChI=1S/C18H16F3N5/c1-26(14-5-3-2-4-6-14)17-15(22)16(23-11-24-17)25-13-9-7-12(8-10-13)18(19,20)21/h2-11H,22H2,1H3,(H,23,24,25). The van der Waals surface area contributed by atoms with E-state index in [2.05, 4.69) is 15.3 Å². The average molecular weight is 359 g/mol. The van der Waals surface area contributed by atoms with Crippen LogP contribution >= 0.6 is 0 Å². The van der Waals surface area contributed by atoms with Gasteiger partial charge in [0.2, 0.25) is 0 Å². The van der Waals surface area contributed by atoms with E-state index >= 15 is 0 Å². The quantitative estimate of drug-likeness (QED) is 0.713. The third-order valence-electron chi connectivity index (χ3n) is 3.80. The molecule has 0 bridgehead atoms. The van der Waals surface area contributed by atoms with Crippen molar-refractivity contribution in [1.82, 2.24) is 9.97 Å². The summed E-state index contributed by atoms with van der Waals surface area (Å²) in [6, 6.07) is 14.1. The van der Waals surface area contributed by atoms with Gasteiger partial charge < -0.3 is 16.0 Å². The number of anilines is 5. The fraction of sp³-hybridized carbons (Fsp3) is 0.111. The van der Waals surface area contributed by atoms with E-state index in [-0.39, 0.29) is 0 Å². The highest BCUT2D eigenvalue weighted by molar-refractivity contribution is 5.81.